The maximum Gasteiger partial charge on any atom is 0.128 e. The van der Waals surface area contributed by atoms with E-state index in [4.69, 9.17) is 11.6 Å². The Balaban J connectivity index is 2.11. The van der Waals surface area contributed by atoms with Crippen LogP contribution in [-0.2, 0) is 12.4 Å². The van der Waals surface area contributed by atoms with Crippen molar-refractivity contribution >= 4 is 44.7 Å². The number of halogens is 2. The number of alkyl halides is 1. The van der Waals surface area contributed by atoms with E-state index in [1.807, 2.05) is 19.2 Å². The van der Waals surface area contributed by atoms with E-state index in [1.165, 1.54) is 4.88 Å². The van der Waals surface area contributed by atoms with Gasteiger partial charge in [0.15, 0.2) is 0 Å². The smallest absolute Gasteiger partial charge is 0.128 e. The van der Waals surface area contributed by atoms with Crippen molar-refractivity contribution in [2.45, 2.75) is 12.4 Å². The molecule has 5 heteroatoms. The third-order valence-corrected chi connectivity index (χ3v) is 4.36. The van der Waals surface area contributed by atoms with Gasteiger partial charge in [-0.05, 0) is 39.7 Å². The van der Waals surface area contributed by atoms with Crippen LogP contribution in [0.1, 0.15) is 10.4 Å². The lowest BCUT2D eigenvalue weighted by Gasteiger charge is -2.17. The zero-order valence-electron chi connectivity index (χ0n) is 9.36. The predicted molar refractivity (Wildman–Crippen MR) is 77.9 cm³/mol. The first-order chi connectivity index (χ1) is 8.19. The SMILES string of the molecule is CN(Cc1cc(Br)cs1)c1cc(CCl)ccn1. The van der Waals surface area contributed by atoms with Gasteiger partial charge in [-0.15, -0.1) is 22.9 Å². The highest BCUT2D eigenvalue weighted by Crippen LogP contribution is 2.22. The number of aromatic nitrogens is 1. The minimum atomic E-state index is 0.522. The monoisotopic (exact) mass is 330 g/mol. The van der Waals surface area contributed by atoms with E-state index in [-0.39, 0.29) is 0 Å². The first-order valence-corrected chi connectivity index (χ1v) is 7.34. The first-order valence-electron chi connectivity index (χ1n) is 5.14. The van der Waals surface area contributed by atoms with Gasteiger partial charge in [-0.1, -0.05) is 0 Å². The van der Waals surface area contributed by atoms with Crippen LogP contribution in [0, 0.1) is 0 Å². The lowest BCUT2D eigenvalue weighted by molar-refractivity contribution is 0.910. The average molecular weight is 332 g/mol. The molecule has 90 valence electrons. The second kappa shape index (κ2) is 5.85. The summed E-state index contributed by atoms with van der Waals surface area (Å²) in [4.78, 5) is 7.77. The molecule has 0 aliphatic carbocycles. The second-order valence-electron chi connectivity index (χ2n) is 3.74. The van der Waals surface area contributed by atoms with Crippen LogP contribution >= 0.6 is 38.9 Å². The Bertz CT molecular complexity index is 501. The van der Waals surface area contributed by atoms with E-state index >= 15 is 0 Å². The molecule has 0 unspecified atom stereocenters. The van der Waals surface area contributed by atoms with Crippen LogP contribution in [0.2, 0.25) is 0 Å². The van der Waals surface area contributed by atoms with E-state index in [0.29, 0.717) is 5.88 Å². The molecular formula is C12H12BrClN2S. The van der Waals surface area contributed by atoms with Gasteiger partial charge in [0.05, 0.1) is 6.54 Å². The molecule has 0 fully saturated rings. The Morgan fingerprint density at radius 3 is 2.94 bits per heavy atom. The molecule has 17 heavy (non-hydrogen) atoms. The van der Waals surface area contributed by atoms with E-state index in [1.54, 1.807) is 17.5 Å². The van der Waals surface area contributed by atoms with Crippen molar-refractivity contribution in [3.05, 3.63) is 44.7 Å². The summed E-state index contributed by atoms with van der Waals surface area (Å²) in [5.74, 6) is 1.47. The summed E-state index contributed by atoms with van der Waals surface area (Å²) in [6.07, 6.45) is 1.80. The maximum atomic E-state index is 5.82. The standard InChI is InChI=1S/C12H12BrClN2S/c1-16(7-11-5-10(13)8-17-11)12-4-9(6-14)2-3-15-12/h2-5,8H,6-7H2,1H3. The van der Waals surface area contributed by atoms with E-state index < -0.39 is 0 Å². The third-order valence-electron chi connectivity index (χ3n) is 2.37. The molecule has 0 aromatic carbocycles. The van der Waals surface area contributed by atoms with Crippen LogP contribution in [-0.4, -0.2) is 12.0 Å². The predicted octanol–water partition coefficient (Wildman–Crippen LogP) is 4.28. The summed E-state index contributed by atoms with van der Waals surface area (Å²) < 4.78 is 1.13. The second-order valence-corrected chi connectivity index (χ2v) is 5.92. The highest BCUT2D eigenvalue weighted by atomic mass is 79.9. The van der Waals surface area contributed by atoms with Crippen molar-refractivity contribution in [2.75, 3.05) is 11.9 Å². The van der Waals surface area contributed by atoms with Crippen LogP contribution in [0.5, 0.6) is 0 Å². The minimum Gasteiger partial charge on any atom is -0.355 e. The normalized spacial score (nSPS) is 10.5. The number of hydrogen-bond donors (Lipinski definition) is 0. The zero-order valence-corrected chi connectivity index (χ0v) is 12.5. The van der Waals surface area contributed by atoms with Crippen LogP contribution in [0.4, 0.5) is 5.82 Å². The molecule has 0 saturated carbocycles. The van der Waals surface area contributed by atoms with Gasteiger partial charge in [0, 0.05) is 33.9 Å². The van der Waals surface area contributed by atoms with Crippen molar-refractivity contribution in [1.29, 1.82) is 0 Å². The van der Waals surface area contributed by atoms with Gasteiger partial charge >= 0.3 is 0 Å². The molecule has 0 atom stereocenters. The van der Waals surface area contributed by atoms with E-state index in [9.17, 15) is 0 Å². The Morgan fingerprint density at radius 1 is 1.47 bits per heavy atom. The van der Waals surface area contributed by atoms with Crippen molar-refractivity contribution in [3.63, 3.8) is 0 Å². The fourth-order valence-corrected chi connectivity index (χ4v) is 3.17. The van der Waals surface area contributed by atoms with Gasteiger partial charge < -0.3 is 4.90 Å². The summed E-state index contributed by atoms with van der Waals surface area (Å²) in [7, 11) is 2.04. The fraction of sp³-hybridized carbons (Fsp3) is 0.250. The quantitative estimate of drug-likeness (QED) is 0.777. The van der Waals surface area contributed by atoms with Crippen LogP contribution in [0.25, 0.3) is 0 Å². The van der Waals surface area contributed by atoms with E-state index in [0.717, 1.165) is 22.4 Å². The van der Waals surface area contributed by atoms with Gasteiger partial charge in [0.25, 0.3) is 0 Å². The summed E-state index contributed by atoms with van der Waals surface area (Å²) in [6, 6.07) is 6.09. The fourth-order valence-electron chi connectivity index (χ4n) is 1.50. The van der Waals surface area contributed by atoms with Gasteiger partial charge in [0.1, 0.15) is 5.82 Å². The third kappa shape index (κ3) is 3.44. The number of hydrogen-bond acceptors (Lipinski definition) is 3. The molecule has 2 aromatic rings. The van der Waals surface area contributed by atoms with Crippen LogP contribution < -0.4 is 4.90 Å². The van der Waals surface area contributed by atoms with Gasteiger partial charge in [-0.25, -0.2) is 4.98 Å². The van der Waals surface area contributed by atoms with Crippen LogP contribution in [0.3, 0.4) is 0 Å². The van der Waals surface area contributed by atoms with Crippen LogP contribution in [0.15, 0.2) is 34.2 Å². The molecule has 2 aromatic heterocycles. The molecule has 0 aliphatic heterocycles. The Kier molecular flexibility index (Phi) is 4.42. The van der Waals surface area contributed by atoms with Crippen molar-refractivity contribution in [1.82, 2.24) is 4.98 Å². The van der Waals surface area contributed by atoms with Crippen molar-refractivity contribution in [3.8, 4) is 0 Å². The highest BCUT2D eigenvalue weighted by molar-refractivity contribution is 9.10. The number of rotatable bonds is 4. The molecule has 0 saturated heterocycles. The van der Waals surface area contributed by atoms with Gasteiger partial charge in [0.2, 0.25) is 0 Å². The molecule has 2 heterocycles. The molecular weight excluding hydrogens is 320 g/mol. The Labute approximate surface area is 118 Å². The first kappa shape index (κ1) is 12.9. The van der Waals surface area contributed by atoms with Crippen molar-refractivity contribution < 1.29 is 0 Å². The average Bonchev–Trinajstić information content (AvgIpc) is 2.75. The largest absolute Gasteiger partial charge is 0.355 e. The van der Waals surface area contributed by atoms with Crippen molar-refractivity contribution in [2.24, 2.45) is 0 Å². The highest BCUT2D eigenvalue weighted by Gasteiger charge is 2.06. The van der Waals surface area contributed by atoms with E-state index in [2.05, 4.69) is 37.3 Å². The lowest BCUT2D eigenvalue weighted by Crippen LogP contribution is -2.16. The lowest BCUT2D eigenvalue weighted by atomic mass is 10.3. The van der Waals surface area contributed by atoms with Gasteiger partial charge in [-0.3, -0.25) is 0 Å². The zero-order chi connectivity index (χ0) is 12.3. The molecule has 2 nitrogen and oxygen atoms in total. The molecule has 0 amide bonds. The number of anilines is 1. The summed E-state index contributed by atoms with van der Waals surface area (Å²) in [5, 5.41) is 2.09. The maximum absolute atomic E-state index is 5.82. The molecule has 0 bridgehead atoms. The Hall–Kier alpha value is -0.580. The summed E-state index contributed by atoms with van der Waals surface area (Å²) >= 11 is 11.0. The Morgan fingerprint density at radius 2 is 2.29 bits per heavy atom. The molecule has 0 radical (unpaired) electrons. The number of thiophene rings is 1. The molecule has 0 aliphatic rings. The summed E-state index contributed by atoms with van der Waals surface area (Å²) in [6.45, 7) is 0.856. The number of pyridine rings is 1. The van der Waals surface area contributed by atoms with Gasteiger partial charge in [-0.2, -0.15) is 0 Å². The summed E-state index contributed by atoms with van der Waals surface area (Å²) in [5.41, 5.74) is 1.09. The minimum absolute atomic E-state index is 0.522. The number of nitrogens with zero attached hydrogens (tertiary/aromatic N) is 2. The molecule has 0 N–H and O–H groups in total. The molecule has 0 spiro atoms. The molecule has 2 rings (SSSR count). The topological polar surface area (TPSA) is 16.1 Å².